The molecule has 3 aromatic heterocycles. The number of thioether (sulfide) groups is 1. The van der Waals surface area contributed by atoms with Gasteiger partial charge in [-0.05, 0) is 36.6 Å². The molecule has 5 rings (SSSR count). The van der Waals surface area contributed by atoms with Gasteiger partial charge in [0.2, 0.25) is 11.7 Å². The SMILES string of the molecule is CCc1noc(C(C)Sc2nnc3n(-c4ccccc4C(C)C)c(=O)c4ccccc4n23)n1. The van der Waals surface area contributed by atoms with Crippen molar-refractivity contribution >= 4 is 28.4 Å². The van der Waals surface area contributed by atoms with Crippen molar-refractivity contribution in [2.45, 2.75) is 50.4 Å². The van der Waals surface area contributed by atoms with Gasteiger partial charge in [-0.15, -0.1) is 10.2 Å². The van der Waals surface area contributed by atoms with Gasteiger partial charge < -0.3 is 4.52 Å². The Kier molecular flexibility index (Phi) is 5.49. The van der Waals surface area contributed by atoms with Crippen LogP contribution in [0.3, 0.4) is 0 Å². The molecule has 0 radical (unpaired) electrons. The average molecular weight is 461 g/mol. The van der Waals surface area contributed by atoms with E-state index in [0.717, 1.165) is 16.8 Å². The van der Waals surface area contributed by atoms with Crippen molar-refractivity contribution in [1.82, 2.24) is 29.3 Å². The molecule has 0 aliphatic carbocycles. The molecule has 0 aliphatic heterocycles. The minimum atomic E-state index is -0.132. The number of hydrogen-bond donors (Lipinski definition) is 0. The lowest BCUT2D eigenvalue weighted by atomic mass is 10.0. The molecule has 5 aromatic rings. The lowest BCUT2D eigenvalue weighted by Gasteiger charge is -2.16. The van der Waals surface area contributed by atoms with Crippen molar-refractivity contribution in [1.29, 1.82) is 0 Å². The zero-order valence-electron chi connectivity index (χ0n) is 18.9. The van der Waals surface area contributed by atoms with E-state index in [0.29, 0.717) is 34.5 Å². The maximum absolute atomic E-state index is 13.6. The molecule has 8 nitrogen and oxygen atoms in total. The van der Waals surface area contributed by atoms with E-state index in [1.165, 1.54) is 11.8 Å². The summed E-state index contributed by atoms with van der Waals surface area (Å²) in [7, 11) is 0. The normalized spacial score (nSPS) is 12.8. The zero-order chi connectivity index (χ0) is 23.1. The van der Waals surface area contributed by atoms with E-state index < -0.39 is 0 Å². The number of aromatic nitrogens is 6. The number of rotatable bonds is 6. The molecule has 0 saturated heterocycles. The minimum absolute atomic E-state index is 0.118. The second kappa shape index (κ2) is 8.47. The van der Waals surface area contributed by atoms with Crippen LogP contribution in [0.25, 0.3) is 22.4 Å². The van der Waals surface area contributed by atoms with E-state index in [-0.39, 0.29) is 16.7 Å². The van der Waals surface area contributed by atoms with Crippen molar-refractivity contribution in [3.05, 3.63) is 76.2 Å². The third-order valence-corrected chi connectivity index (χ3v) is 6.65. The monoisotopic (exact) mass is 460 g/mol. The number of benzene rings is 2. The highest BCUT2D eigenvalue weighted by atomic mass is 32.2. The maximum Gasteiger partial charge on any atom is 0.267 e. The Morgan fingerprint density at radius 1 is 1.03 bits per heavy atom. The summed E-state index contributed by atoms with van der Waals surface area (Å²) in [4.78, 5) is 18.1. The highest BCUT2D eigenvalue weighted by Crippen LogP contribution is 2.34. The first-order chi connectivity index (χ1) is 16.0. The summed E-state index contributed by atoms with van der Waals surface area (Å²) >= 11 is 1.47. The summed E-state index contributed by atoms with van der Waals surface area (Å²) in [6.07, 6.45) is 0.709. The van der Waals surface area contributed by atoms with Crippen molar-refractivity contribution in [2.75, 3.05) is 0 Å². The van der Waals surface area contributed by atoms with Crippen molar-refractivity contribution in [2.24, 2.45) is 0 Å². The van der Waals surface area contributed by atoms with Crippen molar-refractivity contribution in [3.8, 4) is 5.69 Å². The molecule has 0 saturated carbocycles. The van der Waals surface area contributed by atoms with Crippen LogP contribution < -0.4 is 5.56 Å². The van der Waals surface area contributed by atoms with E-state index in [2.05, 4.69) is 34.2 Å². The highest BCUT2D eigenvalue weighted by Gasteiger charge is 2.23. The predicted molar refractivity (Wildman–Crippen MR) is 128 cm³/mol. The lowest BCUT2D eigenvalue weighted by molar-refractivity contribution is 0.375. The molecule has 9 heteroatoms. The second-order valence-corrected chi connectivity index (χ2v) is 9.46. The van der Waals surface area contributed by atoms with E-state index in [9.17, 15) is 4.79 Å². The highest BCUT2D eigenvalue weighted by molar-refractivity contribution is 7.99. The third-order valence-electron chi connectivity index (χ3n) is 5.62. The van der Waals surface area contributed by atoms with Gasteiger partial charge in [-0.2, -0.15) is 4.98 Å². The molecule has 168 valence electrons. The predicted octanol–water partition coefficient (Wildman–Crippen LogP) is 4.96. The Hall–Kier alpha value is -3.46. The van der Waals surface area contributed by atoms with Crippen LogP contribution in [0.2, 0.25) is 0 Å². The third kappa shape index (κ3) is 3.62. The summed E-state index contributed by atoms with van der Waals surface area (Å²) in [5.74, 6) is 1.92. The molecule has 0 fully saturated rings. The van der Waals surface area contributed by atoms with Gasteiger partial charge in [-0.3, -0.25) is 9.20 Å². The molecule has 0 N–H and O–H groups in total. The topological polar surface area (TPSA) is 91.1 Å². The van der Waals surface area contributed by atoms with Crippen molar-refractivity contribution < 1.29 is 4.52 Å². The summed E-state index contributed by atoms with van der Waals surface area (Å²) in [6.45, 7) is 8.21. The molecule has 0 spiro atoms. The van der Waals surface area contributed by atoms with E-state index >= 15 is 0 Å². The minimum Gasteiger partial charge on any atom is -0.338 e. The molecule has 1 unspecified atom stereocenters. The van der Waals surface area contributed by atoms with Crippen LogP contribution in [0, 0.1) is 0 Å². The van der Waals surface area contributed by atoms with Crippen LogP contribution in [0.1, 0.15) is 56.1 Å². The second-order valence-electron chi connectivity index (χ2n) is 8.15. The van der Waals surface area contributed by atoms with Gasteiger partial charge in [0, 0.05) is 6.42 Å². The van der Waals surface area contributed by atoms with Gasteiger partial charge in [0.15, 0.2) is 11.0 Å². The summed E-state index contributed by atoms with van der Waals surface area (Å²) < 4.78 is 9.03. The zero-order valence-corrected chi connectivity index (χ0v) is 19.7. The van der Waals surface area contributed by atoms with Crippen LogP contribution in [-0.4, -0.2) is 29.3 Å². The van der Waals surface area contributed by atoms with Gasteiger partial charge in [0.05, 0.1) is 21.8 Å². The van der Waals surface area contributed by atoms with Crippen LogP contribution in [0.5, 0.6) is 0 Å². The fourth-order valence-electron chi connectivity index (χ4n) is 3.94. The quantitative estimate of drug-likeness (QED) is 0.331. The van der Waals surface area contributed by atoms with Gasteiger partial charge in [-0.1, -0.05) is 68.0 Å². The van der Waals surface area contributed by atoms with Crippen LogP contribution in [-0.2, 0) is 6.42 Å². The lowest BCUT2D eigenvalue weighted by Crippen LogP contribution is -2.23. The van der Waals surface area contributed by atoms with Crippen LogP contribution in [0.4, 0.5) is 0 Å². The summed E-state index contributed by atoms with van der Waals surface area (Å²) in [6, 6.07) is 15.5. The summed E-state index contributed by atoms with van der Waals surface area (Å²) in [5, 5.41) is 14.1. The Balaban J connectivity index is 1.74. The largest absolute Gasteiger partial charge is 0.338 e. The first kappa shape index (κ1) is 21.4. The molecule has 0 aliphatic rings. The molecule has 3 heterocycles. The standard InChI is InChI=1S/C24H24N6O2S/c1-5-20-25-21(32-28-20)15(4)33-24-27-26-23-29(18-12-8-6-10-16(18)14(2)3)22(31)17-11-7-9-13-19(17)30(23)24/h6-15H,5H2,1-4H3. The Labute approximate surface area is 194 Å². The molecule has 33 heavy (non-hydrogen) atoms. The Morgan fingerprint density at radius 3 is 2.55 bits per heavy atom. The average Bonchev–Trinajstić information content (AvgIpc) is 3.47. The van der Waals surface area contributed by atoms with E-state index in [1.54, 1.807) is 4.57 Å². The molecule has 1 atom stereocenters. The first-order valence-electron chi connectivity index (χ1n) is 11.0. The van der Waals surface area contributed by atoms with Crippen LogP contribution in [0.15, 0.2) is 63.0 Å². The smallest absolute Gasteiger partial charge is 0.267 e. The fourth-order valence-corrected chi connectivity index (χ4v) is 4.82. The molecule has 0 bridgehead atoms. The fraction of sp³-hybridized carbons (Fsp3) is 0.292. The number of nitrogens with zero attached hydrogens (tertiary/aromatic N) is 6. The van der Waals surface area contributed by atoms with Gasteiger partial charge in [0.25, 0.3) is 5.56 Å². The molecule has 0 amide bonds. The summed E-state index contributed by atoms with van der Waals surface area (Å²) in [5.41, 5.74) is 2.53. The number of fused-ring (bicyclic) bond motifs is 3. The number of hydrogen-bond acceptors (Lipinski definition) is 7. The van der Waals surface area contributed by atoms with E-state index in [1.807, 2.05) is 66.8 Å². The molecular formula is C24H24N6O2S. The number of para-hydroxylation sites is 2. The Morgan fingerprint density at radius 2 is 1.79 bits per heavy atom. The molecular weight excluding hydrogens is 436 g/mol. The Bertz CT molecular complexity index is 1520. The maximum atomic E-state index is 13.6. The van der Waals surface area contributed by atoms with Gasteiger partial charge in [0.1, 0.15) is 0 Å². The van der Waals surface area contributed by atoms with Crippen molar-refractivity contribution in [3.63, 3.8) is 0 Å². The number of aryl methyl sites for hydroxylation is 1. The molecule has 2 aromatic carbocycles. The van der Waals surface area contributed by atoms with Gasteiger partial charge in [-0.25, -0.2) is 4.57 Å². The van der Waals surface area contributed by atoms with Crippen LogP contribution >= 0.6 is 11.8 Å². The van der Waals surface area contributed by atoms with E-state index in [4.69, 9.17) is 4.52 Å². The first-order valence-corrected chi connectivity index (χ1v) is 11.8. The van der Waals surface area contributed by atoms with Gasteiger partial charge >= 0.3 is 0 Å².